The second kappa shape index (κ2) is 6.61. The Hall–Kier alpha value is -1.75. The van der Waals surface area contributed by atoms with Gasteiger partial charge in [-0.25, -0.2) is 4.79 Å². The summed E-state index contributed by atoms with van der Waals surface area (Å²) in [6.07, 6.45) is 4.26. The molecule has 0 spiro atoms. The van der Waals surface area contributed by atoms with Crippen molar-refractivity contribution in [3.8, 4) is 5.75 Å². The second-order valence-corrected chi connectivity index (χ2v) is 4.97. The third-order valence-corrected chi connectivity index (χ3v) is 3.68. The highest BCUT2D eigenvalue weighted by Crippen LogP contribution is 2.30. The Bertz CT molecular complexity index is 475. The molecule has 0 bridgehead atoms. The second-order valence-electron chi connectivity index (χ2n) is 4.97. The van der Waals surface area contributed by atoms with Gasteiger partial charge in [0.25, 0.3) is 0 Å². The molecule has 0 aliphatic heterocycles. The summed E-state index contributed by atoms with van der Waals surface area (Å²) in [6.45, 7) is 0. The number of nitrogen functional groups attached to an aromatic ring is 1. The van der Waals surface area contributed by atoms with E-state index in [1.807, 2.05) is 0 Å². The average Bonchev–Trinajstić information content (AvgIpc) is 2.49. The van der Waals surface area contributed by atoms with E-state index in [0.29, 0.717) is 17.0 Å². The van der Waals surface area contributed by atoms with Crippen LogP contribution >= 0.6 is 0 Å². The fourth-order valence-corrected chi connectivity index (χ4v) is 2.54. The van der Waals surface area contributed by atoms with Crippen LogP contribution in [0.15, 0.2) is 18.2 Å². The number of benzene rings is 1. The highest BCUT2D eigenvalue weighted by molar-refractivity contribution is 5.96. The van der Waals surface area contributed by atoms with Crippen LogP contribution in [0.2, 0.25) is 0 Å². The number of esters is 1. The van der Waals surface area contributed by atoms with Gasteiger partial charge in [-0.15, -0.1) is 0 Å². The predicted molar refractivity (Wildman–Crippen MR) is 75.9 cm³/mol. The van der Waals surface area contributed by atoms with Crippen molar-refractivity contribution in [3.63, 3.8) is 0 Å². The number of ether oxygens (including phenoxy) is 3. The SMILES string of the molecule is COC(=O)c1cccc(OC2CCCC(OC)C2)c1N. The molecule has 1 saturated carbocycles. The van der Waals surface area contributed by atoms with Gasteiger partial charge >= 0.3 is 5.97 Å². The maximum Gasteiger partial charge on any atom is 0.340 e. The minimum atomic E-state index is -0.452. The topological polar surface area (TPSA) is 70.8 Å². The summed E-state index contributed by atoms with van der Waals surface area (Å²) in [5.41, 5.74) is 6.66. The van der Waals surface area contributed by atoms with Crippen molar-refractivity contribution in [1.29, 1.82) is 0 Å². The molecule has 20 heavy (non-hydrogen) atoms. The number of carbonyl (C=O) groups excluding carboxylic acids is 1. The molecule has 1 fully saturated rings. The summed E-state index contributed by atoms with van der Waals surface area (Å²) >= 11 is 0. The van der Waals surface area contributed by atoms with Crippen molar-refractivity contribution in [3.05, 3.63) is 23.8 Å². The maximum atomic E-state index is 11.6. The van der Waals surface area contributed by atoms with Gasteiger partial charge in [-0.05, 0) is 31.4 Å². The number of anilines is 1. The monoisotopic (exact) mass is 279 g/mol. The lowest BCUT2D eigenvalue weighted by atomic mass is 9.95. The lowest BCUT2D eigenvalue weighted by Gasteiger charge is -2.29. The van der Waals surface area contributed by atoms with Crippen LogP contribution < -0.4 is 10.5 Å². The van der Waals surface area contributed by atoms with Gasteiger partial charge in [-0.1, -0.05) is 6.07 Å². The Morgan fingerprint density at radius 1 is 1.25 bits per heavy atom. The summed E-state index contributed by atoms with van der Waals surface area (Å²) in [7, 11) is 3.05. The molecular formula is C15H21NO4. The van der Waals surface area contributed by atoms with Gasteiger partial charge in [0.15, 0.2) is 0 Å². The first-order valence-electron chi connectivity index (χ1n) is 6.82. The molecule has 0 heterocycles. The Balaban J connectivity index is 2.11. The quantitative estimate of drug-likeness (QED) is 0.677. The van der Waals surface area contributed by atoms with Crippen molar-refractivity contribution in [1.82, 2.24) is 0 Å². The third kappa shape index (κ3) is 3.22. The lowest BCUT2D eigenvalue weighted by molar-refractivity contribution is 0.0211. The first kappa shape index (κ1) is 14.7. The van der Waals surface area contributed by atoms with E-state index < -0.39 is 5.97 Å². The van der Waals surface area contributed by atoms with Crippen molar-refractivity contribution in [2.24, 2.45) is 0 Å². The first-order valence-corrected chi connectivity index (χ1v) is 6.82. The number of para-hydroxylation sites is 1. The van der Waals surface area contributed by atoms with Crippen LogP contribution in [0, 0.1) is 0 Å². The smallest absolute Gasteiger partial charge is 0.340 e. The largest absolute Gasteiger partial charge is 0.488 e. The predicted octanol–water partition coefficient (Wildman–Crippen LogP) is 2.39. The molecule has 0 radical (unpaired) electrons. The normalized spacial score (nSPS) is 22.3. The van der Waals surface area contributed by atoms with Crippen LogP contribution in [0.1, 0.15) is 36.0 Å². The van der Waals surface area contributed by atoms with E-state index in [4.69, 9.17) is 19.9 Å². The van der Waals surface area contributed by atoms with Crippen LogP contribution in [0.4, 0.5) is 5.69 Å². The fourth-order valence-electron chi connectivity index (χ4n) is 2.54. The molecule has 5 nitrogen and oxygen atoms in total. The Kier molecular flexibility index (Phi) is 4.84. The van der Waals surface area contributed by atoms with Crippen LogP contribution in [-0.4, -0.2) is 32.4 Å². The van der Waals surface area contributed by atoms with Crippen LogP contribution in [0.25, 0.3) is 0 Å². The Labute approximate surface area is 119 Å². The van der Waals surface area contributed by atoms with E-state index in [1.54, 1.807) is 25.3 Å². The van der Waals surface area contributed by atoms with Gasteiger partial charge in [0.05, 0.1) is 24.5 Å². The van der Waals surface area contributed by atoms with Crippen LogP contribution in [0.5, 0.6) is 5.75 Å². The Morgan fingerprint density at radius 3 is 2.70 bits per heavy atom. The molecule has 5 heteroatoms. The summed E-state index contributed by atoms with van der Waals surface area (Å²) in [5.74, 6) is 0.0843. The number of rotatable bonds is 4. The number of hydrogen-bond donors (Lipinski definition) is 1. The zero-order valence-electron chi connectivity index (χ0n) is 11.9. The summed E-state index contributed by atoms with van der Waals surface area (Å²) in [4.78, 5) is 11.6. The summed E-state index contributed by atoms with van der Waals surface area (Å²) in [6, 6.07) is 5.15. The fraction of sp³-hybridized carbons (Fsp3) is 0.533. The highest BCUT2D eigenvalue weighted by atomic mass is 16.5. The van der Waals surface area contributed by atoms with Gasteiger partial charge in [0.1, 0.15) is 11.9 Å². The van der Waals surface area contributed by atoms with Crippen LogP contribution in [0.3, 0.4) is 0 Å². The summed E-state index contributed by atoms with van der Waals surface area (Å²) in [5, 5.41) is 0. The lowest BCUT2D eigenvalue weighted by Crippen LogP contribution is -2.29. The number of hydrogen-bond acceptors (Lipinski definition) is 5. The molecule has 1 aliphatic rings. The average molecular weight is 279 g/mol. The van der Waals surface area contributed by atoms with E-state index in [2.05, 4.69) is 0 Å². The first-order chi connectivity index (χ1) is 9.65. The van der Waals surface area contributed by atoms with Gasteiger partial charge in [-0.3, -0.25) is 0 Å². The highest BCUT2D eigenvalue weighted by Gasteiger charge is 2.24. The maximum absolute atomic E-state index is 11.6. The Morgan fingerprint density at radius 2 is 2.00 bits per heavy atom. The molecule has 2 atom stereocenters. The van der Waals surface area contributed by atoms with E-state index in [0.717, 1.165) is 25.7 Å². The third-order valence-electron chi connectivity index (χ3n) is 3.68. The van der Waals surface area contributed by atoms with Gasteiger partial charge in [0.2, 0.25) is 0 Å². The number of carbonyl (C=O) groups is 1. The van der Waals surface area contributed by atoms with E-state index in [9.17, 15) is 4.79 Å². The zero-order chi connectivity index (χ0) is 14.5. The molecule has 0 saturated heterocycles. The molecule has 0 aromatic heterocycles. The van der Waals surface area contributed by atoms with Crippen molar-refractivity contribution in [2.45, 2.75) is 37.9 Å². The van der Waals surface area contributed by atoms with E-state index >= 15 is 0 Å². The van der Waals surface area contributed by atoms with Gasteiger partial charge in [0, 0.05) is 13.5 Å². The minimum Gasteiger partial charge on any atom is -0.488 e. The van der Waals surface area contributed by atoms with E-state index in [1.165, 1.54) is 7.11 Å². The molecule has 1 aromatic rings. The standard InChI is InChI=1S/C15H21NO4/c1-18-10-5-3-6-11(9-10)20-13-8-4-7-12(14(13)16)15(17)19-2/h4,7-8,10-11H,3,5-6,9,16H2,1-2H3. The zero-order valence-corrected chi connectivity index (χ0v) is 11.9. The number of nitrogens with two attached hydrogens (primary N) is 1. The molecule has 2 rings (SSSR count). The molecule has 110 valence electrons. The minimum absolute atomic E-state index is 0.0731. The van der Waals surface area contributed by atoms with Crippen molar-refractivity contribution < 1.29 is 19.0 Å². The van der Waals surface area contributed by atoms with Crippen LogP contribution in [-0.2, 0) is 9.47 Å². The molecule has 1 aliphatic carbocycles. The van der Waals surface area contributed by atoms with Crippen molar-refractivity contribution in [2.75, 3.05) is 20.0 Å². The van der Waals surface area contributed by atoms with Crippen molar-refractivity contribution >= 4 is 11.7 Å². The van der Waals surface area contributed by atoms with Gasteiger partial charge < -0.3 is 19.9 Å². The van der Waals surface area contributed by atoms with E-state index in [-0.39, 0.29) is 12.2 Å². The molecule has 1 aromatic carbocycles. The van der Waals surface area contributed by atoms with Gasteiger partial charge in [-0.2, -0.15) is 0 Å². The number of methoxy groups -OCH3 is 2. The molecule has 2 unspecified atom stereocenters. The molecular weight excluding hydrogens is 258 g/mol. The molecule has 2 N–H and O–H groups in total. The molecule has 0 amide bonds. The summed E-state index contributed by atoms with van der Waals surface area (Å²) < 4.78 is 16.0.